The van der Waals surface area contributed by atoms with Crippen LogP contribution in [-0.4, -0.2) is 18.4 Å². The molecule has 2 nitrogen and oxygen atoms in total. The van der Waals surface area contributed by atoms with Crippen LogP contribution < -0.4 is 5.32 Å². The van der Waals surface area contributed by atoms with Gasteiger partial charge in [0.25, 0.3) is 0 Å². The zero-order valence-electron chi connectivity index (χ0n) is 7.94. The van der Waals surface area contributed by atoms with Crippen molar-refractivity contribution in [2.45, 2.75) is 57.3 Å². The lowest BCUT2D eigenvalue weighted by molar-refractivity contribution is -0.152. The molecule has 0 amide bonds. The van der Waals surface area contributed by atoms with Crippen molar-refractivity contribution >= 4 is 0 Å². The summed E-state index contributed by atoms with van der Waals surface area (Å²) in [7, 11) is 0. The van der Waals surface area contributed by atoms with Gasteiger partial charge in [-0.15, -0.1) is 0 Å². The van der Waals surface area contributed by atoms with Gasteiger partial charge in [-0.3, -0.25) is 5.32 Å². The van der Waals surface area contributed by atoms with E-state index in [1.807, 2.05) is 0 Å². The molecule has 0 aromatic heterocycles. The van der Waals surface area contributed by atoms with Gasteiger partial charge in [0.1, 0.15) is 5.72 Å². The second kappa shape index (κ2) is 3.35. The van der Waals surface area contributed by atoms with Gasteiger partial charge >= 0.3 is 0 Å². The van der Waals surface area contributed by atoms with Gasteiger partial charge in [-0.1, -0.05) is 6.42 Å². The SMILES string of the molecule is CC1CCNC2(CCCCC2)O1. The quantitative estimate of drug-likeness (QED) is 0.599. The van der Waals surface area contributed by atoms with Crippen LogP contribution in [0.25, 0.3) is 0 Å². The van der Waals surface area contributed by atoms with Crippen LogP contribution in [0, 0.1) is 0 Å². The molecule has 0 aromatic rings. The fourth-order valence-corrected chi connectivity index (χ4v) is 2.41. The molecule has 1 saturated carbocycles. The van der Waals surface area contributed by atoms with Gasteiger partial charge in [0.2, 0.25) is 0 Å². The highest BCUT2D eigenvalue weighted by Crippen LogP contribution is 2.32. The fourth-order valence-electron chi connectivity index (χ4n) is 2.41. The average Bonchev–Trinajstić information content (AvgIpc) is 2.05. The lowest BCUT2D eigenvalue weighted by Gasteiger charge is -2.43. The minimum atomic E-state index is 0.0793. The van der Waals surface area contributed by atoms with Crippen molar-refractivity contribution in [1.82, 2.24) is 5.32 Å². The van der Waals surface area contributed by atoms with E-state index in [1.54, 1.807) is 0 Å². The maximum Gasteiger partial charge on any atom is 0.119 e. The van der Waals surface area contributed by atoms with Gasteiger partial charge in [0.05, 0.1) is 6.10 Å². The van der Waals surface area contributed by atoms with E-state index in [2.05, 4.69) is 12.2 Å². The summed E-state index contributed by atoms with van der Waals surface area (Å²) in [5, 5.41) is 3.54. The van der Waals surface area contributed by atoms with Gasteiger partial charge in [0, 0.05) is 6.54 Å². The van der Waals surface area contributed by atoms with E-state index in [1.165, 1.54) is 38.5 Å². The van der Waals surface area contributed by atoms with E-state index in [0.29, 0.717) is 6.10 Å². The molecular formula is C10H19NO. The molecule has 2 fully saturated rings. The predicted octanol–water partition coefficient (Wildman–Crippen LogP) is 2.05. The zero-order valence-corrected chi connectivity index (χ0v) is 7.94. The molecule has 2 heteroatoms. The normalized spacial score (nSPS) is 35.2. The van der Waals surface area contributed by atoms with Crippen LogP contribution in [0.1, 0.15) is 45.4 Å². The Morgan fingerprint density at radius 2 is 2.00 bits per heavy atom. The van der Waals surface area contributed by atoms with E-state index >= 15 is 0 Å². The molecule has 70 valence electrons. The Kier molecular flexibility index (Phi) is 2.37. The van der Waals surface area contributed by atoms with Gasteiger partial charge in [-0.2, -0.15) is 0 Å². The number of nitrogens with one attached hydrogen (secondary N) is 1. The molecule has 0 bridgehead atoms. The largest absolute Gasteiger partial charge is 0.358 e. The minimum Gasteiger partial charge on any atom is -0.358 e. The fraction of sp³-hybridized carbons (Fsp3) is 1.00. The topological polar surface area (TPSA) is 21.3 Å². The molecule has 0 aromatic carbocycles. The average molecular weight is 169 g/mol. The van der Waals surface area contributed by atoms with E-state index in [9.17, 15) is 0 Å². The van der Waals surface area contributed by atoms with Gasteiger partial charge in [-0.05, 0) is 39.0 Å². The summed E-state index contributed by atoms with van der Waals surface area (Å²) in [5.74, 6) is 0. The Bertz CT molecular complexity index is 146. The molecule has 1 aliphatic heterocycles. The predicted molar refractivity (Wildman–Crippen MR) is 49.0 cm³/mol. The first-order valence-corrected chi connectivity index (χ1v) is 5.24. The zero-order chi connectivity index (χ0) is 8.44. The van der Waals surface area contributed by atoms with Crippen LogP contribution in [0.15, 0.2) is 0 Å². The van der Waals surface area contributed by atoms with E-state index < -0.39 is 0 Å². The van der Waals surface area contributed by atoms with E-state index in [-0.39, 0.29) is 5.72 Å². The standard InChI is InChI=1S/C10H19NO/c1-9-5-8-11-10(12-9)6-3-2-4-7-10/h9,11H,2-8H2,1H3. The Labute approximate surface area is 74.7 Å². The molecule has 12 heavy (non-hydrogen) atoms. The van der Waals surface area contributed by atoms with Crippen molar-refractivity contribution in [2.75, 3.05) is 6.54 Å². The van der Waals surface area contributed by atoms with Crippen molar-refractivity contribution in [1.29, 1.82) is 0 Å². The van der Waals surface area contributed by atoms with Crippen molar-refractivity contribution in [3.05, 3.63) is 0 Å². The third-order valence-corrected chi connectivity index (χ3v) is 3.09. The summed E-state index contributed by atoms with van der Waals surface area (Å²) in [6.07, 6.45) is 8.13. The molecule has 2 aliphatic rings. The summed E-state index contributed by atoms with van der Waals surface area (Å²) >= 11 is 0. The summed E-state index contributed by atoms with van der Waals surface area (Å²) in [6.45, 7) is 3.33. The van der Waals surface area contributed by atoms with Gasteiger partial charge in [0.15, 0.2) is 0 Å². The highest BCUT2D eigenvalue weighted by molar-refractivity contribution is 4.86. The lowest BCUT2D eigenvalue weighted by atomic mass is 9.90. The molecule has 2 rings (SSSR count). The van der Waals surface area contributed by atoms with E-state index in [0.717, 1.165) is 6.54 Å². The van der Waals surface area contributed by atoms with E-state index in [4.69, 9.17) is 4.74 Å². The Balaban J connectivity index is 1.97. The molecule has 1 N–H and O–H groups in total. The maximum atomic E-state index is 6.00. The number of ether oxygens (including phenoxy) is 1. The van der Waals surface area contributed by atoms with Crippen LogP contribution in [0.4, 0.5) is 0 Å². The number of rotatable bonds is 0. The maximum absolute atomic E-state index is 6.00. The van der Waals surface area contributed by atoms with Crippen LogP contribution in [0.3, 0.4) is 0 Å². The second-order valence-corrected chi connectivity index (χ2v) is 4.20. The monoisotopic (exact) mass is 169 g/mol. The summed E-state index contributed by atoms with van der Waals surface area (Å²) in [5.41, 5.74) is 0.0793. The molecule has 1 spiro atoms. The number of hydrogen-bond acceptors (Lipinski definition) is 2. The summed E-state index contributed by atoms with van der Waals surface area (Å²) in [4.78, 5) is 0. The van der Waals surface area contributed by atoms with Gasteiger partial charge in [-0.25, -0.2) is 0 Å². The molecule has 1 atom stereocenters. The Morgan fingerprint density at radius 3 is 2.67 bits per heavy atom. The molecule has 1 unspecified atom stereocenters. The highest BCUT2D eigenvalue weighted by atomic mass is 16.5. The number of hydrogen-bond donors (Lipinski definition) is 1. The Hall–Kier alpha value is -0.0800. The third kappa shape index (κ3) is 1.64. The summed E-state index contributed by atoms with van der Waals surface area (Å²) in [6, 6.07) is 0. The molecule has 1 saturated heterocycles. The van der Waals surface area contributed by atoms with Crippen LogP contribution in [0.2, 0.25) is 0 Å². The lowest BCUT2D eigenvalue weighted by Crippen LogP contribution is -2.55. The van der Waals surface area contributed by atoms with Crippen molar-refractivity contribution in [3.8, 4) is 0 Å². The second-order valence-electron chi connectivity index (χ2n) is 4.20. The molecule has 1 heterocycles. The Morgan fingerprint density at radius 1 is 1.25 bits per heavy atom. The minimum absolute atomic E-state index is 0.0793. The van der Waals surface area contributed by atoms with Crippen LogP contribution >= 0.6 is 0 Å². The first kappa shape index (κ1) is 8.52. The molecule has 0 radical (unpaired) electrons. The molecule has 1 aliphatic carbocycles. The van der Waals surface area contributed by atoms with Crippen LogP contribution in [0.5, 0.6) is 0 Å². The van der Waals surface area contributed by atoms with Crippen molar-refractivity contribution in [3.63, 3.8) is 0 Å². The van der Waals surface area contributed by atoms with Gasteiger partial charge < -0.3 is 4.74 Å². The molecular weight excluding hydrogens is 150 g/mol. The first-order valence-electron chi connectivity index (χ1n) is 5.24. The van der Waals surface area contributed by atoms with Crippen molar-refractivity contribution < 1.29 is 4.74 Å². The van der Waals surface area contributed by atoms with Crippen LogP contribution in [-0.2, 0) is 4.74 Å². The smallest absolute Gasteiger partial charge is 0.119 e. The first-order chi connectivity index (χ1) is 5.81. The summed E-state index contributed by atoms with van der Waals surface area (Å²) < 4.78 is 6.00. The third-order valence-electron chi connectivity index (χ3n) is 3.09. The highest BCUT2D eigenvalue weighted by Gasteiger charge is 2.36. The van der Waals surface area contributed by atoms with Crippen molar-refractivity contribution in [2.24, 2.45) is 0 Å².